The van der Waals surface area contributed by atoms with E-state index in [0.717, 1.165) is 30.4 Å². The minimum absolute atomic E-state index is 0.00768. The summed E-state index contributed by atoms with van der Waals surface area (Å²) in [5.74, 6) is -0.0468. The average molecular weight is 566 g/mol. The Bertz CT molecular complexity index is 1400. The molecule has 0 bridgehead atoms. The number of amidine groups is 1. The SMILES string of the molecule is CCCCCCOc1ccc(NC(=O)CC2SC(=NS(=O)(=O)c3ccccc3)N(c3ccccc3)C2=O)cc1. The first-order chi connectivity index (χ1) is 18.9. The summed E-state index contributed by atoms with van der Waals surface area (Å²) in [7, 11) is -4.06. The fourth-order valence-electron chi connectivity index (χ4n) is 3.96. The molecule has 0 aliphatic carbocycles. The summed E-state index contributed by atoms with van der Waals surface area (Å²) < 4.78 is 35.6. The van der Waals surface area contributed by atoms with Crippen molar-refractivity contribution in [3.63, 3.8) is 0 Å². The summed E-state index contributed by atoms with van der Waals surface area (Å²) in [6.45, 7) is 2.81. The lowest BCUT2D eigenvalue weighted by Crippen LogP contribution is -2.33. The van der Waals surface area contributed by atoms with E-state index in [2.05, 4.69) is 16.6 Å². The number of hydrogen-bond donors (Lipinski definition) is 1. The van der Waals surface area contributed by atoms with Gasteiger partial charge in [-0.05, 0) is 55.0 Å². The molecule has 3 aromatic rings. The van der Waals surface area contributed by atoms with Gasteiger partial charge in [0.05, 0.1) is 17.2 Å². The lowest BCUT2D eigenvalue weighted by atomic mass is 10.2. The number of amides is 2. The quantitative estimate of drug-likeness (QED) is 0.276. The predicted octanol–water partition coefficient (Wildman–Crippen LogP) is 5.87. The number of hydrogen-bond acceptors (Lipinski definition) is 6. The Morgan fingerprint density at radius 1 is 0.949 bits per heavy atom. The molecule has 0 aromatic heterocycles. The Morgan fingerprint density at radius 3 is 2.28 bits per heavy atom. The van der Waals surface area contributed by atoms with Crippen molar-refractivity contribution in [3.05, 3.63) is 84.9 Å². The van der Waals surface area contributed by atoms with Crippen LogP contribution in [0.3, 0.4) is 0 Å². The molecule has 1 unspecified atom stereocenters. The average Bonchev–Trinajstić information content (AvgIpc) is 3.23. The van der Waals surface area contributed by atoms with E-state index in [1.54, 1.807) is 72.8 Å². The van der Waals surface area contributed by atoms with Crippen molar-refractivity contribution in [2.24, 2.45) is 4.40 Å². The Morgan fingerprint density at radius 2 is 1.62 bits per heavy atom. The van der Waals surface area contributed by atoms with Crippen LogP contribution in [0.25, 0.3) is 0 Å². The summed E-state index contributed by atoms with van der Waals surface area (Å²) in [5.41, 5.74) is 1.06. The van der Waals surface area contributed by atoms with Crippen LogP contribution in [0.15, 0.2) is 94.2 Å². The fourth-order valence-corrected chi connectivity index (χ4v) is 6.31. The second-order valence-corrected chi connectivity index (χ2v) is 11.7. The van der Waals surface area contributed by atoms with Gasteiger partial charge in [-0.3, -0.25) is 14.5 Å². The Kier molecular flexibility index (Phi) is 9.78. The number of carbonyl (C=O) groups is 2. The van der Waals surface area contributed by atoms with E-state index in [4.69, 9.17) is 4.74 Å². The number of carbonyl (C=O) groups excluding carboxylic acids is 2. The van der Waals surface area contributed by atoms with Crippen molar-refractivity contribution in [1.29, 1.82) is 0 Å². The molecule has 1 aliphatic rings. The first-order valence-electron chi connectivity index (χ1n) is 12.9. The zero-order valence-electron chi connectivity index (χ0n) is 21.7. The number of rotatable bonds is 12. The van der Waals surface area contributed by atoms with E-state index in [9.17, 15) is 18.0 Å². The van der Waals surface area contributed by atoms with E-state index >= 15 is 0 Å². The van der Waals surface area contributed by atoms with Crippen LogP contribution in [0.5, 0.6) is 5.75 Å². The van der Waals surface area contributed by atoms with Crippen molar-refractivity contribution in [1.82, 2.24) is 0 Å². The largest absolute Gasteiger partial charge is 0.494 e. The van der Waals surface area contributed by atoms with Crippen LogP contribution >= 0.6 is 11.8 Å². The van der Waals surface area contributed by atoms with Crippen LogP contribution in [0.2, 0.25) is 0 Å². The number of nitrogens with zero attached hydrogens (tertiary/aromatic N) is 2. The van der Waals surface area contributed by atoms with E-state index < -0.39 is 21.2 Å². The number of nitrogens with one attached hydrogen (secondary N) is 1. The van der Waals surface area contributed by atoms with Gasteiger partial charge in [-0.15, -0.1) is 4.40 Å². The third-order valence-electron chi connectivity index (χ3n) is 5.96. The Labute approximate surface area is 233 Å². The van der Waals surface area contributed by atoms with Gasteiger partial charge in [0.1, 0.15) is 11.0 Å². The number of ether oxygens (including phenoxy) is 1. The molecular weight excluding hydrogens is 534 g/mol. The second-order valence-electron chi connectivity index (χ2n) is 8.96. The maximum Gasteiger partial charge on any atom is 0.284 e. The number of para-hydroxylation sites is 1. The highest BCUT2D eigenvalue weighted by molar-refractivity contribution is 8.16. The van der Waals surface area contributed by atoms with Crippen LogP contribution in [0, 0.1) is 0 Å². The molecule has 39 heavy (non-hydrogen) atoms. The molecule has 204 valence electrons. The van der Waals surface area contributed by atoms with Crippen molar-refractivity contribution >= 4 is 50.1 Å². The van der Waals surface area contributed by atoms with Gasteiger partial charge in [0.15, 0.2) is 5.17 Å². The van der Waals surface area contributed by atoms with Gasteiger partial charge in [0.25, 0.3) is 10.0 Å². The zero-order chi connectivity index (χ0) is 27.7. The Balaban J connectivity index is 1.44. The van der Waals surface area contributed by atoms with Crippen molar-refractivity contribution < 1.29 is 22.7 Å². The zero-order valence-corrected chi connectivity index (χ0v) is 23.3. The van der Waals surface area contributed by atoms with Crippen LogP contribution in [0.1, 0.15) is 39.0 Å². The molecule has 8 nitrogen and oxygen atoms in total. The molecule has 0 radical (unpaired) electrons. The summed E-state index contributed by atoms with van der Waals surface area (Å²) in [6.07, 6.45) is 4.35. The van der Waals surface area contributed by atoms with Crippen molar-refractivity contribution in [2.45, 2.75) is 49.2 Å². The monoisotopic (exact) mass is 565 g/mol. The molecular formula is C29H31N3O5S2. The molecule has 1 atom stereocenters. The third-order valence-corrected chi connectivity index (χ3v) is 8.50. The van der Waals surface area contributed by atoms with E-state index in [-0.39, 0.29) is 22.4 Å². The number of sulfonamides is 1. The molecule has 0 saturated carbocycles. The van der Waals surface area contributed by atoms with Crippen LogP contribution < -0.4 is 15.0 Å². The molecule has 1 N–H and O–H groups in total. The second kappa shape index (κ2) is 13.4. The first kappa shape index (κ1) is 28.4. The molecule has 2 amide bonds. The summed E-state index contributed by atoms with van der Waals surface area (Å²) >= 11 is 0.966. The van der Waals surface area contributed by atoms with E-state index in [1.165, 1.54) is 29.9 Å². The third kappa shape index (κ3) is 7.70. The predicted molar refractivity (Wildman–Crippen MR) is 156 cm³/mol. The molecule has 1 aliphatic heterocycles. The lowest BCUT2D eigenvalue weighted by Gasteiger charge is -2.16. The standard InChI is InChI=1S/C29H31N3O5S2/c1-2-3-4-11-20-37-24-18-16-22(17-19-24)30-27(33)21-26-28(34)32(23-12-7-5-8-13-23)29(38-26)31-39(35,36)25-14-9-6-10-15-25/h5-10,12-19,26H,2-4,11,20-21H2,1H3,(H,30,33). The van der Waals surface area contributed by atoms with Crippen LogP contribution in [-0.4, -0.2) is 37.3 Å². The minimum atomic E-state index is -4.06. The highest BCUT2D eigenvalue weighted by Crippen LogP contribution is 2.35. The number of unbranched alkanes of at least 4 members (excludes halogenated alkanes) is 3. The summed E-state index contributed by atoms with van der Waals surface area (Å²) in [5, 5.41) is 1.98. The molecule has 10 heteroatoms. The highest BCUT2D eigenvalue weighted by Gasteiger charge is 2.41. The minimum Gasteiger partial charge on any atom is -0.494 e. The van der Waals surface area contributed by atoms with Crippen molar-refractivity contribution in [3.8, 4) is 5.75 Å². The fraction of sp³-hybridized carbons (Fsp3) is 0.276. The Hall–Kier alpha value is -3.63. The van der Waals surface area contributed by atoms with Gasteiger partial charge in [-0.2, -0.15) is 8.42 Å². The number of benzene rings is 3. The maximum absolute atomic E-state index is 13.4. The van der Waals surface area contributed by atoms with Crippen LogP contribution in [0.4, 0.5) is 11.4 Å². The molecule has 0 spiro atoms. The number of thioether (sulfide) groups is 1. The first-order valence-corrected chi connectivity index (χ1v) is 15.2. The van der Waals surface area contributed by atoms with Gasteiger partial charge in [0, 0.05) is 12.1 Å². The number of anilines is 2. The topological polar surface area (TPSA) is 105 Å². The van der Waals surface area contributed by atoms with Gasteiger partial charge >= 0.3 is 0 Å². The molecule has 1 heterocycles. The smallest absolute Gasteiger partial charge is 0.284 e. The molecule has 3 aromatic carbocycles. The van der Waals surface area contributed by atoms with E-state index in [1.807, 2.05) is 0 Å². The normalized spacial score (nSPS) is 16.4. The highest BCUT2D eigenvalue weighted by atomic mass is 32.2. The van der Waals surface area contributed by atoms with Crippen molar-refractivity contribution in [2.75, 3.05) is 16.8 Å². The summed E-state index contributed by atoms with van der Waals surface area (Å²) in [4.78, 5) is 27.5. The van der Waals surface area contributed by atoms with Crippen LogP contribution in [-0.2, 0) is 19.6 Å². The molecule has 4 rings (SSSR count). The van der Waals surface area contributed by atoms with Gasteiger partial charge in [0.2, 0.25) is 11.8 Å². The maximum atomic E-state index is 13.4. The summed E-state index contributed by atoms with van der Waals surface area (Å²) in [6, 6.07) is 23.6. The lowest BCUT2D eigenvalue weighted by molar-refractivity contribution is -0.121. The van der Waals surface area contributed by atoms with E-state index in [0.29, 0.717) is 18.0 Å². The van der Waals surface area contributed by atoms with Gasteiger partial charge in [-0.1, -0.05) is 74.3 Å². The molecule has 1 fully saturated rings. The molecule has 1 saturated heterocycles. The van der Waals surface area contributed by atoms with Gasteiger partial charge in [-0.25, -0.2) is 0 Å². The van der Waals surface area contributed by atoms with Gasteiger partial charge < -0.3 is 10.1 Å².